The Balaban J connectivity index is 1.61. The fourth-order valence-corrected chi connectivity index (χ4v) is 4.87. The van der Waals surface area contributed by atoms with Gasteiger partial charge in [-0.15, -0.1) is 11.8 Å². The van der Waals surface area contributed by atoms with E-state index in [-0.39, 0.29) is 15.8 Å². The van der Waals surface area contributed by atoms with Crippen molar-refractivity contribution in [2.75, 3.05) is 11.1 Å². The van der Waals surface area contributed by atoms with Gasteiger partial charge in [-0.2, -0.15) is 5.26 Å². The topological polar surface area (TPSA) is 99.5 Å². The Kier molecular flexibility index (Phi) is 5.36. The highest BCUT2D eigenvalue weighted by atomic mass is 35.5. The number of amides is 2. The van der Waals surface area contributed by atoms with Crippen LogP contribution in [-0.2, 0) is 19.1 Å². The number of anilines is 1. The van der Waals surface area contributed by atoms with E-state index in [0.717, 1.165) is 0 Å². The first-order valence-electron chi connectivity index (χ1n) is 8.42. The summed E-state index contributed by atoms with van der Waals surface area (Å²) in [5, 5.41) is 11.7. The Labute approximate surface area is 166 Å². The Morgan fingerprint density at radius 3 is 2.93 bits per heavy atom. The van der Waals surface area contributed by atoms with Crippen LogP contribution < -0.4 is 5.32 Å². The van der Waals surface area contributed by atoms with Crippen LogP contribution in [0.25, 0.3) is 0 Å². The van der Waals surface area contributed by atoms with Gasteiger partial charge in [-0.1, -0.05) is 11.6 Å². The van der Waals surface area contributed by atoms with Crippen molar-refractivity contribution in [2.24, 2.45) is 0 Å². The maximum atomic E-state index is 12.5. The quantitative estimate of drug-likeness (QED) is 0.770. The van der Waals surface area contributed by atoms with E-state index in [1.807, 2.05) is 13.0 Å². The van der Waals surface area contributed by atoms with Crippen LogP contribution >= 0.6 is 23.4 Å². The lowest BCUT2D eigenvalue weighted by atomic mass is 10.2. The Morgan fingerprint density at radius 2 is 2.26 bits per heavy atom. The van der Waals surface area contributed by atoms with Crippen molar-refractivity contribution in [3.8, 4) is 6.07 Å². The number of nitrogens with zero attached hydrogens (tertiary/aromatic N) is 2. The van der Waals surface area contributed by atoms with E-state index in [4.69, 9.17) is 21.6 Å². The van der Waals surface area contributed by atoms with E-state index in [0.29, 0.717) is 29.8 Å². The molecule has 0 aliphatic carbocycles. The van der Waals surface area contributed by atoms with E-state index >= 15 is 0 Å². The summed E-state index contributed by atoms with van der Waals surface area (Å²) in [5.41, 5.74) is 0.692. The van der Waals surface area contributed by atoms with E-state index in [2.05, 4.69) is 5.32 Å². The number of carbonyl (C=O) groups excluding carboxylic acids is 3. The van der Waals surface area contributed by atoms with Gasteiger partial charge in [-0.3, -0.25) is 9.59 Å². The van der Waals surface area contributed by atoms with Gasteiger partial charge in [0.25, 0.3) is 5.91 Å². The van der Waals surface area contributed by atoms with Gasteiger partial charge in [0, 0.05) is 17.9 Å². The van der Waals surface area contributed by atoms with Crippen LogP contribution in [0.2, 0.25) is 5.02 Å². The fourth-order valence-electron chi connectivity index (χ4n) is 3.23. The summed E-state index contributed by atoms with van der Waals surface area (Å²) >= 11 is 7.50. The highest BCUT2D eigenvalue weighted by molar-refractivity contribution is 8.01. The molecule has 2 aliphatic rings. The number of halogens is 1. The Hall–Kier alpha value is -2.24. The van der Waals surface area contributed by atoms with Crippen LogP contribution in [0.3, 0.4) is 0 Å². The van der Waals surface area contributed by atoms with Crippen molar-refractivity contribution in [1.82, 2.24) is 4.90 Å². The van der Waals surface area contributed by atoms with Crippen LogP contribution in [0.5, 0.6) is 0 Å². The monoisotopic (exact) mass is 407 g/mol. The maximum absolute atomic E-state index is 12.5. The lowest BCUT2D eigenvalue weighted by Gasteiger charge is -2.29. The highest BCUT2D eigenvalue weighted by Gasteiger charge is 2.53. The molecular formula is C18H18ClN3O4S. The molecule has 0 unspecified atom stereocenters. The summed E-state index contributed by atoms with van der Waals surface area (Å²) in [4.78, 5) is 38.1. The molecule has 1 N–H and O–H groups in total. The number of nitrogens with one attached hydrogen (secondary N) is 1. The molecule has 0 radical (unpaired) electrons. The van der Waals surface area contributed by atoms with Gasteiger partial charge in [-0.25, -0.2) is 4.79 Å². The van der Waals surface area contributed by atoms with Gasteiger partial charge >= 0.3 is 5.97 Å². The number of carbonyl (C=O) groups is 3. The van der Waals surface area contributed by atoms with E-state index in [1.165, 1.54) is 19.1 Å². The van der Waals surface area contributed by atoms with Crippen molar-refractivity contribution >= 4 is 46.8 Å². The van der Waals surface area contributed by atoms with Crippen molar-refractivity contribution in [1.29, 1.82) is 5.26 Å². The zero-order valence-electron chi connectivity index (χ0n) is 14.8. The number of fused-ring (bicyclic) bond motifs is 1. The molecule has 3 atom stereocenters. The molecule has 9 heteroatoms. The standard InChI is InChI=1S/C18H18ClN3O4S/c1-10(16(24)21-12-4-3-11(8-20)13(19)7-12)26-17(25)14-9-27-18(2)6-5-15(23)22(14)18/h3-4,7,10,14H,5-6,9H2,1-2H3,(H,21,24)/t10-,14+,18-/m0/s1. The van der Waals surface area contributed by atoms with Gasteiger partial charge in [0.15, 0.2) is 6.10 Å². The second-order valence-corrected chi connectivity index (χ2v) is 8.55. The maximum Gasteiger partial charge on any atom is 0.330 e. The van der Waals surface area contributed by atoms with E-state index < -0.39 is 24.0 Å². The summed E-state index contributed by atoms with van der Waals surface area (Å²) in [7, 11) is 0. The minimum absolute atomic E-state index is 0.0613. The zero-order valence-corrected chi connectivity index (χ0v) is 16.4. The fraction of sp³-hybridized carbons (Fsp3) is 0.444. The Morgan fingerprint density at radius 1 is 1.52 bits per heavy atom. The molecule has 7 nitrogen and oxygen atoms in total. The van der Waals surface area contributed by atoms with Crippen LogP contribution in [0.1, 0.15) is 32.3 Å². The molecule has 2 fully saturated rings. The smallest absolute Gasteiger partial charge is 0.330 e. The van der Waals surface area contributed by atoms with Gasteiger partial charge in [-0.05, 0) is 38.5 Å². The molecule has 2 aliphatic heterocycles. The first-order chi connectivity index (χ1) is 12.7. The van der Waals surface area contributed by atoms with Crippen LogP contribution in [0.4, 0.5) is 5.69 Å². The summed E-state index contributed by atoms with van der Waals surface area (Å²) in [5.74, 6) is -0.707. The van der Waals surface area contributed by atoms with Crippen molar-refractivity contribution < 1.29 is 19.1 Å². The molecule has 2 saturated heterocycles. The van der Waals surface area contributed by atoms with E-state index in [1.54, 1.807) is 22.7 Å². The van der Waals surface area contributed by atoms with Gasteiger partial charge in [0.1, 0.15) is 12.1 Å². The van der Waals surface area contributed by atoms with Gasteiger partial charge < -0.3 is 15.0 Å². The predicted octanol–water partition coefficient (Wildman–Crippen LogP) is 2.54. The number of rotatable bonds is 4. The minimum Gasteiger partial charge on any atom is -0.451 e. The van der Waals surface area contributed by atoms with E-state index in [9.17, 15) is 14.4 Å². The molecule has 1 aromatic rings. The lowest BCUT2D eigenvalue weighted by Crippen LogP contribution is -2.48. The lowest BCUT2D eigenvalue weighted by molar-refractivity contribution is -0.160. The van der Waals surface area contributed by atoms with Crippen LogP contribution in [0, 0.1) is 11.3 Å². The second-order valence-electron chi connectivity index (χ2n) is 6.64. The number of benzene rings is 1. The molecule has 1 aromatic carbocycles. The van der Waals surface area contributed by atoms with Crippen molar-refractivity contribution in [3.63, 3.8) is 0 Å². The molecule has 27 heavy (non-hydrogen) atoms. The molecule has 0 saturated carbocycles. The summed E-state index contributed by atoms with van der Waals surface area (Å²) in [6.45, 7) is 3.41. The highest BCUT2D eigenvalue weighted by Crippen LogP contribution is 2.47. The number of nitriles is 1. The minimum atomic E-state index is -1.04. The summed E-state index contributed by atoms with van der Waals surface area (Å²) in [6.07, 6.45) is 0.0833. The number of thioether (sulfide) groups is 1. The molecule has 0 aromatic heterocycles. The first-order valence-corrected chi connectivity index (χ1v) is 9.78. The van der Waals surface area contributed by atoms with Crippen LogP contribution in [-0.4, -0.2) is 45.5 Å². The molecule has 0 spiro atoms. The largest absolute Gasteiger partial charge is 0.451 e. The second kappa shape index (κ2) is 7.41. The average Bonchev–Trinajstić information content (AvgIpc) is 3.11. The molecule has 142 valence electrons. The number of esters is 1. The SMILES string of the molecule is C[C@H](OC(=O)[C@H]1CS[C@@]2(C)CCC(=O)N12)C(=O)Nc1ccc(C#N)c(Cl)c1. The third-order valence-electron chi connectivity index (χ3n) is 4.74. The number of hydrogen-bond donors (Lipinski definition) is 1. The third kappa shape index (κ3) is 3.75. The van der Waals surface area contributed by atoms with Crippen molar-refractivity contribution in [3.05, 3.63) is 28.8 Å². The predicted molar refractivity (Wildman–Crippen MR) is 101 cm³/mol. The van der Waals surface area contributed by atoms with Gasteiger partial charge in [0.05, 0.1) is 15.5 Å². The normalized spacial score (nSPS) is 24.9. The Bertz CT molecular complexity index is 855. The summed E-state index contributed by atoms with van der Waals surface area (Å²) < 4.78 is 5.30. The zero-order chi connectivity index (χ0) is 19.8. The van der Waals surface area contributed by atoms with Crippen LogP contribution in [0.15, 0.2) is 18.2 Å². The van der Waals surface area contributed by atoms with Crippen molar-refractivity contribution in [2.45, 2.75) is 43.7 Å². The van der Waals surface area contributed by atoms with Gasteiger partial charge in [0.2, 0.25) is 5.91 Å². The molecule has 2 heterocycles. The number of hydrogen-bond acceptors (Lipinski definition) is 6. The average molecular weight is 408 g/mol. The first kappa shape index (κ1) is 19.5. The molecular weight excluding hydrogens is 390 g/mol. The molecule has 3 rings (SSSR count). The summed E-state index contributed by atoms with van der Waals surface area (Å²) in [6, 6.07) is 5.74. The third-order valence-corrected chi connectivity index (χ3v) is 6.55. The molecule has 0 bridgehead atoms. The molecule has 2 amide bonds. The number of ether oxygens (including phenoxy) is 1.